The maximum absolute atomic E-state index is 6.11. The molecule has 4 rings (SSSR count). The van der Waals surface area contributed by atoms with Gasteiger partial charge in [0.15, 0.2) is 11.5 Å². The van der Waals surface area contributed by atoms with Crippen LogP contribution >= 0.6 is 50.9 Å². The Hall–Kier alpha value is -2.30. The van der Waals surface area contributed by atoms with Crippen molar-refractivity contribution in [2.75, 3.05) is 19.4 Å². The molecule has 36 heavy (non-hydrogen) atoms. The van der Waals surface area contributed by atoms with Gasteiger partial charge in [-0.1, -0.05) is 59.2 Å². The summed E-state index contributed by atoms with van der Waals surface area (Å²) in [7, 11) is 1.63. The number of para-hydroxylation sites is 1. The maximum atomic E-state index is 6.11. The van der Waals surface area contributed by atoms with E-state index in [9.17, 15) is 0 Å². The lowest BCUT2D eigenvalue weighted by Gasteiger charge is -2.15. The number of benzene rings is 3. The van der Waals surface area contributed by atoms with Gasteiger partial charge in [0.1, 0.15) is 6.61 Å². The third kappa shape index (κ3) is 7.14. The van der Waals surface area contributed by atoms with Crippen molar-refractivity contribution >= 4 is 50.9 Å². The van der Waals surface area contributed by atoms with E-state index in [-0.39, 0.29) is 0 Å². The summed E-state index contributed by atoms with van der Waals surface area (Å²) in [6.45, 7) is 1.90. The van der Waals surface area contributed by atoms with E-state index in [4.69, 9.17) is 32.7 Å². The van der Waals surface area contributed by atoms with Crippen LogP contribution in [0.3, 0.4) is 0 Å². The molecule has 1 heterocycles. The number of aromatic nitrogens is 4. The Morgan fingerprint density at radius 3 is 2.64 bits per heavy atom. The molecule has 0 aliphatic heterocycles. The molecule has 11 heteroatoms. The second-order valence-electron chi connectivity index (χ2n) is 7.73. The monoisotopic (exact) mass is 607 g/mol. The van der Waals surface area contributed by atoms with Crippen LogP contribution in [0.5, 0.6) is 11.5 Å². The molecule has 3 aromatic carbocycles. The zero-order valence-electron chi connectivity index (χ0n) is 19.5. The molecule has 0 unspecified atom stereocenters. The average Bonchev–Trinajstić information content (AvgIpc) is 3.36. The van der Waals surface area contributed by atoms with Crippen molar-refractivity contribution in [2.24, 2.45) is 0 Å². The number of nitrogens with one attached hydrogen (secondary N) is 1. The van der Waals surface area contributed by atoms with Gasteiger partial charge in [-0.05, 0) is 86.8 Å². The Kier molecular flexibility index (Phi) is 9.89. The van der Waals surface area contributed by atoms with Crippen LogP contribution < -0.4 is 14.8 Å². The Morgan fingerprint density at radius 2 is 1.86 bits per heavy atom. The minimum atomic E-state index is 0.342. The third-order valence-corrected chi connectivity index (χ3v) is 7.49. The summed E-state index contributed by atoms with van der Waals surface area (Å²) in [6, 6.07) is 19.3. The molecule has 0 aliphatic carbocycles. The minimum absolute atomic E-state index is 0.342. The first-order valence-corrected chi connectivity index (χ1v) is 13.7. The quantitative estimate of drug-likeness (QED) is 0.144. The second kappa shape index (κ2) is 13.3. The molecule has 1 N–H and O–H groups in total. The van der Waals surface area contributed by atoms with Crippen LogP contribution in [-0.4, -0.2) is 39.6 Å². The van der Waals surface area contributed by atoms with Crippen molar-refractivity contribution in [3.63, 3.8) is 0 Å². The predicted octanol–water partition coefficient (Wildman–Crippen LogP) is 6.59. The molecule has 188 valence electrons. The highest BCUT2D eigenvalue weighted by Crippen LogP contribution is 2.37. The van der Waals surface area contributed by atoms with E-state index in [0.29, 0.717) is 34.7 Å². The topological polar surface area (TPSA) is 74.1 Å². The number of rotatable bonds is 12. The third-order valence-electron chi connectivity index (χ3n) is 5.16. The molecule has 0 saturated carbocycles. The first-order valence-electron chi connectivity index (χ1n) is 11.2. The van der Waals surface area contributed by atoms with Crippen molar-refractivity contribution in [3.8, 4) is 17.2 Å². The summed E-state index contributed by atoms with van der Waals surface area (Å²) >= 11 is 17.4. The van der Waals surface area contributed by atoms with Crippen molar-refractivity contribution in [3.05, 3.63) is 86.3 Å². The molecular formula is C25H24BrCl2N5O2S. The van der Waals surface area contributed by atoms with Gasteiger partial charge < -0.3 is 14.8 Å². The lowest BCUT2D eigenvalue weighted by Crippen LogP contribution is -2.15. The standard InChI is InChI=1S/C25H24BrCl2N5O2S/c1-34-23-14-18(12-20(26)24(23)35-16-17-8-9-21(27)22(28)13-17)15-29-10-5-11-36-25-30-31-32-33(25)19-6-3-2-4-7-19/h2-4,6-9,12-14,29H,5,10-11,15-16H2,1H3. The molecule has 0 atom stereocenters. The Balaban J connectivity index is 1.25. The molecule has 0 spiro atoms. The molecule has 0 aliphatic rings. The van der Waals surface area contributed by atoms with Gasteiger partial charge in [0, 0.05) is 12.3 Å². The highest BCUT2D eigenvalue weighted by Gasteiger charge is 2.13. The molecule has 7 nitrogen and oxygen atoms in total. The first kappa shape index (κ1) is 26.8. The molecule has 0 saturated heterocycles. The van der Waals surface area contributed by atoms with Crippen LogP contribution in [0.2, 0.25) is 10.0 Å². The summed E-state index contributed by atoms with van der Waals surface area (Å²) in [5, 5.41) is 17.3. The molecule has 0 amide bonds. The van der Waals surface area contributed by atoms with E-state index in [2.05, 4.69) is 36.8 Å². The first-order chi connectivity index (χ1) is 17.5. The Morgan fingerprint density at radius 1 is 1.03 bits per heavy atom. The number of nitrogens with zero attached hydrogens (tertiary/aromatic N) is 4. The maximum Gasteiger partial charge on any atom is 0.214 e. The van der Waals surface area contributed by atoms with Gasteiger partial charge in [-0.3, -0.25) is 0 Å². The van der Waals surface area contributed by atoms with E-state index in [1.54, 1.807) is 35.7 Å². The fraction of sp³-hybridized carbons (Fsp3) is 0.240. The number of thioether (sulfide) groups is 1. The number of halogens is 3. The number of ether oxygens (including phenoxy) is 2. The second-order valence-corrected chi connectivity index (χ2v) is 10.5. The highest BCUT2D eigenvalue weighted by atomic mass is 79.9. The smallest absolute Gasteiger partial charge is 0.214 e. The van der Waals surface area contributed by atoms with E-state index < -0.39 is 0 Å². The summed E-state index contributed by atoms with van der Waals surface area (Å²) in [4.78, 5) is 0. The summed E-state index contributed by atoms with van der Waals surface area (Å²) < 4.78 is 14.2. The van der Waals surface area contributed by atoms with Crippen LogP contribution in [0.4, 0.5) is 0 Å². The van der Waals surface area contributed by atoms with Crippen molar-refractivity contribution in [1.29, 1.82) is 0 Å². The number of tetrazole rings is 1. The number of methoxy groups -OCH3 is 1. The zero-order valence-corrected chi connectivity index (χ0v) is 23.4. The summed E-state index contributed by atoms with van der Waals surface area (Å²) in [5.74, 6) is 2.19. The van der Waals surface area contributed by atoms with Crippen LogP contribution in [0.25, 0.3) is 5.69 Å². The van der Waals surface area contributed by atoms with Gasteiger partial charge in [-0.2, -0.15) is 4.68 Å². The van der Waals surface area contributed by atoms with Gasteiger partial charge in [-0.15, -0.1) is 5.10 Å². The molecule has 0 bridgehead atoms. The summed E-state index contributed by atoms with van der Waals surface area (Å²) in [5.41, 5.74) is 2.95. The van der Waals surface area contributed by atoms with Gasteiger partial charge >= 0.3 is 0 Å². The molecule has 0 radical (unpaired) electrons. The fourth-order valence-electron chi connectivity index (χ4n) is 3.39. The van der Waals surface area contributed by atoms with Crippen molar-refractivity contribution in [2.45, 2.75) is 24.7 Å². The van der Waals surface area contributed by atoms with Crippen LogP contribution in [0.1, 0.15) is 17.5 Å². The van der Waals surface area contributed by atoms with E-state index in [0.717, 1.165) is 45.2 Å². The Bertz CT molecular complexity index is 1290. The van der Waals surface area contributed by atoms with Crippen molar-refractivity contribution in [1.82, 2.24) is 25.5 Å². The number of hydrogen-bond donors (Lipinski definition) is 1. The van der Waals surface area contributed by atoms with Gasteiger partial charge in [-0.25, -0.2) is 0 Å². The van der Waals surface area contributed by atoms with Crippen LogP contribution in [0, 0.1) is 0 Å². The van der Waals surface area contributed by atoms with Crippen LogP contribution in [0.15, 0.2) is 70.3 Å². The molecule has 0 fully saturated rings. The Labute approximate surface area is 232 Å². The number of hydrogen-bond acceptors (Lipinski definition) is 7. The molecular weight excluding hydrogens is 585 g/mol. The lowest BCUT2D eigenvalue weighted by atomic mass is 10.2. The lowest BCUT2D eigenvalue weighted by molar-refractivity contribution is 0.282. The van der Waals surface area contributed by atoms with E-state index in [1.807, 2.05) is 48.5 Å². The van der Waals surface area contributed by atoms with Crippen molar-refractivity contribution < 1.29 is 9.47 Å². The highest BCUT2D eigenvalue weighted by molar-refractivity contribution is 9.10. The molecule has 1 aromatic heterocycles. The largest absolute Gasteiger partial charge is 0.493 e. The predicted molar refractivity (Wildman–Crippen MR) is 148 cm³/mol. The van der Waals surface area contributed by atoms with Crippen LogP contribution in [-0.2, 0) is 13.2 Å². The van der Waals surface area contributed by atoms with Gasteiger partial charge in [0.05, 0.1) is 27.3 Å². The average molecular weight is 609 g/mol. The van der Waals surface area contributed by atoms with Gasteiger partial charge in [0.25, 0.3) is 0 Å². The van der Waals surface area contributed by atoms with E-state index in [1.165, 1.54) is 0 Å². The molecule has 4 aromatic rings. The summed E-state index contributed by atoms with van der Waals surface area (Å²) in [6.07, 6.45) is 0.968. The van der Waals surface area contributed by atoms with E-state index >= 15 is 0 Å². The fourth-order valence-corrected chi connectivity index (χ4v) is 5.15. The normalized spacial score (nSPS) is 11.0. The zero-order chi connectivity index (χ0) is 25.3. The van der Waals surface area contributed by atoms with Gasteiger partial charge in [0.2, 0.25) is 5.16 Å². The SMILES string of the molecule is COc1cc(CNCCCSc2nnnn2-c2ccccc2)cc(Br)c1OCc1ccc(Cl)c(Cl)c1. The minimum Gasteiger partial charge on any atom is -0.493 e.